The number of carbonyl (C=O) groups is 1. The van der Waals surface area contributed by atoms with Gasteiger partial charge in [-0.1, -0.05) is 62.4 Å². The van der Waals surface area contributed by atoms with Crippen LogP contribution in [0.2, 0.25) is 0 Å². The second kappa shape index (κ2) is 6.44. The highest BCUT2D eigenvalue weighted by atomic mass is 16.6. The van der Waals surface area contributed by atoms with Gasteiger partial charge < -0.3 is 14.7 Å². The van der Waals surface area contributed by atoms with Crippen molar-refractivity contribution in [3.8, 4) is 11.1 Å². The lowest BCUT2D eigenvalue weighted by molar-refractivity contribution is 0.00384. The van der Waals surface area contributed by atoms with Gasteiger partial charge in [0.1, 0.15) is 6.61 Å². The van der Waals surface area contributed by atoms with Gasteiger partial charge in [0.05, 0.1) is 12.1 Å². The first kappa shape index (κ1) is 17.1. The number of hydrogen-bond acceptors (Lipinski definition) is 3. The van der Waals surface area contributed by atoms with Crippen LogP contribution in [0, 0.1) is 5.92 Å². The van der Waals surface area contributed by atoms with Crippen LogP contribution in [0.1, 0.15) is 37.3 Å². The normalized spacial score (nSPS) is 21.8. The lowest BCUT2D eigenvalue weighted by Crippen LogP contribution is -2.40. The number of nitrogens with zero attached hydrogens (tertiary/aromatic N) is 1. The zero-order chi connectivity index (χ0) is 18.3. The fourth-order valence-electron chi connectivity index (χ4n) is 4.13. The quantitative estimate of drug-likeness (QED) is 0.908. The number of benzene rings is 2. The molecule has 2 aromatic carbocycles. The molecule has 1 unspecified atom stereocenters. The summed E-state index contributed by atoms with van der Waals surface area (Å²) in [6, 6.07) is 16.6. The maximum absolute atomic E-state index is 12.5. The highest BCUT2D eigenvalue weighted by molar-refractivity contribution is 5.79. The van der Waals surface area contributed by atoms with Crippen LogP contribution in [-0.4, -0.2) is 41.4 Å². The molecule has 1 heterocycles. The lowest BCUT2D eigenvalue weighted by atomic mass is 9.90. The smallest absolute Gasteiger partial charge is 0.409 e. The van der Waals surface area contributed by atoms with Gasteiger partial charge in [0.2, 0.25) is 0 Å². The molecule has 1 saturated heterocycles. The summed E-state index contributed by atoms with van der Waals surface area (Å²) in [5.41, 5.74) is 4.06. The van der Waals surface area contributed by atoms with E-state index in [2.05, 4.69) is 24.3 Å². The van der Waals surface area contributed by atoms with Gasteiger partial charge in [-0.2, -0.15) is 0 Å². The number of hydrogen-bond donors (Lipinski definition) is 1. The monoisotopic (exact) mass is 351 g/mol. The van der Waals surface area contributed by atoms with Gasteiger partial charge in [0, 0.05) is 12.5 Å². The third-order valence-electron chi connectivity index (χ3n) is 5.95. The van der Waals surface area contributed by atoms with Crippen molar-refractivity contribution in [2.75, 3.05) is 19.7 Å². The molecule has 4 rings (SSSR count). The van der Waals surface area contributed by atoms with E-state index in [-0.39, 0.29) is 17.9 Å². The maximum atomic E-state index is 12.5. The molecule has 1 aliphatic carbocycles. The van der Waals surface area contributed by atoms with Crippen LogP contribution in [0.15, 0.2) is 48.5 Å². The van der Waals surface area contributed by atoms with Crippen LogP contribution in [0.25, 0.3) is 11.1 Å². The Hall–Kier alpha value is -2.33. The second-order valence-electron chi connectivity index (χ2n) is 7.73. The second-order valence-corrected chi connectivity index (χ2v) is 7.73. The van der Waals surface area contributed by atoms with Crippen LogP contribution in [0.4, 0.5) is 4.79 Å². The molecule has 26 heavy (non-hydrogen) atoms. The van der Waals surface area contributed by atoms with E-state index in [0.717, 1.165) is 0 Å². The first-order valence-electron chi connectivity index (χ1n) is 9.32. The number of β-amino-alcohol motifs (C(OH)–C–C–N with tert-alkyl or cyclic N) is 1. The summed E-state index contributed by atoms with van der Waals surface area (Å²) in [6.07, 6.45) is 0.276. The molecule has 1 atom stereocenters. The molecule has 136 valence electrons. The number of amides is 1. The Morgan fingerprint density at radius 2 is 1.73 bits per heavy atom. The highest BCUT2D eigenvalue weighted by Gasteiger charge is 2.41. The summed E-state index contributed by atoms with van der Waals surface area (Å²) in [4.78, 5) is 14.2. The van der Waals surface area contributed by atoms with Gasteiger partial charge in [-0.3, -0.25) is 0 Å². The molecule has 0 radical (unpaired) electrons. The number of ether oxygens (including phenoxy) is 1. The highest BCUT2D eigenvalue weighted by Crippen LogP contribution is 2.44. The molecule has 1 amide bonds. The number of aliphatic hydroxyl groups is 1. The zero-order valence-corrected chi connectivity index (χ0v) is 15.3. The molecular formula is C22H25NO3. The first-order valence-corrected chi connectivity index (χ1v) is 9.32. The number of rotatable bonds is 3. The van der Waals surface area contributed by atoms with Crippen LogP contribution in [0.5, 0.6) is 0 Å². The van der Waals surface area contributed by atoms with Gasteiger partial charge in [0.15, 0.2) is 0 Å². The summed E-state index contributed by atoms with van der Waals surface area (Å²) >= 11 is 0. The van der Waals surface area contributed by atoms with Gasteiger partial charge in [-0.25, -0.2) is 4.79 Å². The zero-order valence-electron chi connectivity index (χ0n) is 15.3. The van der Waals surface area contributed by atoms with E-state index < -0.39 is 5.60 Å². The summed E-state index contributed by atoms with van der Waals surface area (Å²) in [7, 11) is 0. The SMILES string of the molecule is CC(C)C1(O)CCN(C(=O)OCC2c3ccccc3-c3ccccc32)C1. The molecule has 1 N–H and O–H groups in total. The Bertz CT molecular complexity index is 786. The number of fused-ring (bicyclic) bond motifs is 3. The van der Waals surface area contributed by atoms with Crippen LogP contribution in [-0.2, 0) is 4.74 Å². The summed E-state index contributed by atoms with van der Waals surface area (Å²) in [5, 5.41) is 10.6. The van der Waals surface area contributed by atoms with Crippen LogP contribution >= 0.6 is 0 Å². The molecule has 0 spiro atoms. The van der Waals surface area contributed by atoms with Gasteiger partial charge in [-0.05, 0) is 34.6 Å². The molecule has 0 aromatic heterocycles. The minimum absolute atomic E-state index is 0.0675. The molecule has 4 heteroatoms. The standard InChI is InChI=1S/C22H25NO3/c1-15(2)22(25)11-12-23(14-22)21(24)26-13-20-18-9-5-3-7-16(18)17-8-4-6-10-19(17)20/h3-10,15,20,25H,11-14H2,1-2H3. The predicted octanol–water partition coefficient (Wildman–Crippen LogP) is 4.03. The third-order valence-corrected chi connectivity index (χ3v) is 5.95. The summed E-state index contributed by atoms with van der Waals surface area (Å²) < 4.78 is 5.67. The number of likely N-dealkylation sites (tertiary alicyclic amines) is 1. The Labute approximate surface area is 154 Å². The average Bonchev–Trinajstić information content (AvgIpc) is 3.20. The van der Waals surface area contributed by atoms with Crippen molar-refractivity contribution >= 4 is 6.09 Å². The fraction of sp³-hybridized carbons (Fsp3) is 0.409. The molecule has 2 aliphatic rings. The van der Waals surface area contributed by atoms with Crippen molar-refractivity contribution in [2.24, 2.45) is 5.92 Å². The minimum atomic E-state index is -0.800. The van der Waals surface area contributed by atoms with E-state index in [9.17, 15) is 9.90 Å². The van der Waals surface area contributed by atoms with Crippen molar-refractivity contribution in [3.63, 3.8) is 0 Å². The van der Waals surface area contributed by atoms with E-state index in [4.69, 9.17) is 4.74 Å². The summed E-state index contributed by atoms with van der Waals surface area (Å²) in [6.45, 7) is 5.19. The minimum Gasteiger partial charge on any atom is -0.448 e. The average molecular weight is 351 g/mol. The topological polar surface area (TPSA) is 49.8 Å². The van der Waals surface area contributed by atoms with E-state index >= 15 is 0 Å². The van der Waals surface area contributed by atoms with E-state index in [1.807, 2.05) is 38.1 Å². The molecule has 0 bridgehead atoms. The summed E-state index contributed by atoms with van der Waals surface area (Å²) in [5.74, 6) is 0.187. The predicted molar refractivity (Wildman–Crippen MR) is 101 cm³/mol. The molecular weight excluding hydrogens is 326 g/mol. The Balaban J connectivity index is 1.48. The molecule has 1 aliphatic heterocycles. The van der Waals surface area contributed by atoms with Crippen molar-refractivity contribution in [1.82, 2.24) is 4.90 Å². The van der Waals surface area contributed by atoms with Crippen LogP contribution in [0.3, 0.4) is 0 Å². The van der Waals surface area contributed by atoms with Gasteiger partial charge >= 0.3 is 6.09 Å². The Kier molecular flexibility index (Phi) is 4.23. The molecule has 0 saturated carbocycles. The Morgan fingerprint density at radius 1 is 1.15 bits per heavy atom. The van der Waals surface area contributed by atoms with Gasteiger partial charge in [-0.15, -0.1) is 0 Å². The van der Waals surface area contributed by atoms with Gasteiger partial charge in [0.25, 0.3) is 0 Å². The van der Waals surface area contributed by atoms with Crippen molar-refractivity contribution in [1.29, 1.82) is 0 Å². The van der Waals surface area contributed by atoms with E-state index in [1.165, 1.54) is 22.3 Å². The van der Waals surface area contributed by atoms with E-state index in [0.29, 0.717) is 26.1 Å². The molecule has 4 nitrogen and oxygen atoms in total. The van der Waals surface area contributed by atoms with Crippen LogP contribution < -0.4 is 0 Å². The maximum Gasteiger partial charge on any atom is 0.409 e. The van der Waals surface area contributed by atoms with Crippen molar-refractivity contribution in [2.45, 2.75) is 31.8 Å². The molecule has 1 fully saturated rings. The van der Waals surface area contributed by atoms with E-state index in [1.54, 1.807) is 4.90 Å². The molecule has 2 aromatic rings. The van der Waals surface area contributed by atoms with Crippen molar-refractivity contribution < 1.29 is 14.6 Å². The fourth-order valence-corrected chi connectivity index (χ4v) is 4.13. The Morgan fingerprint density at radius 3 is 2.27 bits per heavy atom. The lowest BCUT2D eigenvalue weighted by Gasteiger charge is -2.27. The third kappa shape index (κ3) is 2.78. The first-order chi connectivity index (χ1) is 12.5. The largest absolute Gasteiger partial charge is 0.448 e. The van der Waals surface area contributed by atoms with Crippen molar-refractivity contribution in [3.05, 3.63) is 59.7 Å². The number of carbonyl (C=O) groups excluding carboxylic acids is 1.